The van der Waals surface area contributed by atoms with E-state index in [0.29, 0.717) is 6.61 Å². The highest BCUT2D eigenvalue weighted by atomic mass is 16.6. The molecule has 1 aliphatic rings. The molecule has 1 rings (SSSR count). The summed E-state index contributed by atoms with van der Waals surface area (Å²) in [6.07, 6.45) is 10.9. The van der Waals surface area contributed by atoms with E-state index in [2.05, 4.69) is 19.7 Å². The first-order valence-electron chi connectivity index (χ1n) is 6.37. The topological polar surface area (TPSA) is 21.8 Å². The summed E-state index contributed by atoms with van der Waals surface area (Å²) in [5, 5.41) is 0. The van der Waals surface area contributed by atoms with Crippen LogP contribution in [0.4, 0.5) is 0 Å². The Morgan fingerprint density at radius 2 is 1.89 bits per heavy atom. The summed E-state index contributed by atoms with van der Waals surface area (Å²) < 4.78 is 11.5. The van der Waals surface area contributed by atoms with Crippen LogP contribution in [0.15, 0.2) is 73.1 Å². The van der Waals surface area contributed by atoms with Crippen molar-refractivity contribution in [3.05, 3.63) is 73.1 Å². The molecule has 0 aromatic rings. The fraction of sp³-hybridized carbons (Fsp3) is 0.294. The van der Waals surface area contributed by atoms with Gasteiger partial charge in [-0.2, -0.15) is 0 Å². The molecule has 1 saturated heterocycles. The molecule has 0 bridgehead atoms. The highest BCUT2D eigenvalue weighted by Crippen LogP contribution is 2.28. The molecule has 1 fully saturated rings. The monoisotopic (exact) mass is 258 g/mol. The quantitative estimate of drug-likeness (QED) is 0.371. The Labute approximate surface area is 116 Å². The highest BCUT2D eigenvalue weighted by molar-refractivity contribution is 5.32. The van der Waals surface area contributed by atoms with Crippen LogP contribution in [0.1, 0.15) is 13.8 Å². The van der Waals surface area contributed by atoms with E-state index < -0.39 is 0 Å². The van der Waals surface area contributed by atoms with Gasteiger partial charge in [0.1, 0.15) is 11.9 Å². The number of allylic oxidation sites excluding steroid dienone is 6. The Balaban J connectivity index is 2.97. The first kappa shape index (κ1) is 15.3. The Bertz CT molecular complexity index is 434. The Morgan fingerprint density at radius 3 is 2.32 bits per heavy atom. The summed E-state index contributed by atoms with van der Waals surface area (Å²) >= 11 is 0. The molecule has 2 heteroatoms. The molecule has 0 aromatic heterocycles. The van der Waals surface area contributed by atoms with Crippen molar-refractivity contribution in [2.75, 3.05) is 6.61 Å². The van der Waals surface area contributed by atoms with Crippen LogP contribution in [0.2, 0.25) is 0 Å². The molecule has 102 valence electrons. The molecule has 2 nitrogen and oxygen atoms in total. The van der Waals surface area contributed by atoms with Crippen molar-refractivity contribution < 1.29 is 9.47 Å². The van der Waals surface area contributed by atoms with Crippen LogP contribution >= 0.6 is 0 Å². The lowest BCUT2D eigenvalue weighted by molar-refractivity contribution is 0.123. The summed E-state index contributed by atoms with van der Waals surface area (Å²) in [4.78, 5) is 0. The van der Waals surface area contributed by atoms with Crippen molar-refractivity contribution in [3.8, 4) is 0 Å². The molecule has 1 aliphatic heterocycles. The van der Waals surface area contributed by atoms with Gasteiger partial charge in [0.15, 0.2) is 6.10 Å². The predicted octanol–water partition coefficient (Wildman–Crippen LogP) is 4.10. The van der Waals surface area contributed by atoms with Crippen molar-refractivity contribution in [3.63, 3.8) is 0 Å². The molecule has 2 unspecified atom stereocenters. The highest BCUT2D eigenvalue weighted by Gasteiger charge is 2.36. The number of hydrogen-bond donors (Lipinski definition) is 0. The van der Waals surface area contributed by atoms with Crippen LogP contribution in [0.25, 0.3) is 0 Å². The Hall–Kier alpha value is -1.80. The smallest absolute Gasteiger partial charge is 0.152 e. The summed E-state index contributed by atoms with van der Waals surface area (Å²) in [5.41, 5.74) is 2.03. The van der Waals surface area contributed by atoms with Gasteiger partial charge in [0.25, 0.3) is 0 Å². The minimum atomic E-state index is -0.156. The van der Waals surface area contributed by atoms with Gasteiger partial charge >= 0.3 is 0 Å². The van der Waals surface area contributed by atoms with Crippen LogP contribution in [-0.4, -0.2) is 18.8 Å². The van der Waals surface area contributed by atoms with Gasteiger partial charge in [0.05, 0.1) is 6.61 Å². The molecule has 2 atom stereocenters. The second-order valence-electron chi connectivity index (χ2n) is 4.26. The van der Waals surface area contributed by atoms with Gasteiger partial charge in [0.2, 0.25) is 0 Å². The van der Waals surface area contributed by atoms with Gasteiger partial charge in [-0.3, -0.25) is 0 Å². The molecule has 0 spiro atoms. The van der Waals surface area contributed by atoms with Crippen LogP contribution in [-0.2, 0) is 9.47 Å². The van der Waals surface area contributed by atoms with Crippen LogP contribution in [0, 0.1) is 0 Å². The largest absolute Gasteiger partial charge is 0.483 e. The average molecular weight is 258 g/mol. The summed E-state index contributed by atoms with van der Waals surface area (Å²) in [6, 6.07) is 0. The fourth-order valence-electron chi connectivity index (χ4n) is 1.65. The first-order chi connectivity index (χ1) is 9.17. The van der Waals surface area contributed by atoms with Crippen molar-refractivity contribution in [2.24, 2.45) is 0 Å². The third-order valence-electron chi connectivity index (χ3n) is 2.92. The second-order valence-corrected chi connectivity index (χ2v) is 4.26. The van der Waals surface area contributed by atoms with Gasteiger partial charge in [-0.1, -0.05) is 50.1 Å². The molecule has 19 heavy (non-hydrogen) atoms. The fourth-order valence-corrected chi connectivity index (χ4v) is 1.65. The molecule has 0 saturated carbocycles. The molecule has 0 N–H and O–H groups in total. The van der Waals surface area contributed by atoms with Crippen LogP contribution in [0.5, 0.6) is 0 Å². The zero-order chi connectivity index (χ0) is 14.3. The zero-order valence-electron chi connectivity index (χ0n) is 11.8. The Kier molecular flexibility index (Phi) is 6.10. The molecule has 0 aromatic carbocycles. The van der Waals surface area contributed by atoms with Gasteiger partial charge in [-0.25, -0.2) is 0 Å². The van der Waals surface area contributed by atoms with E-state index in [1.54, 1.807) is 18.2 Å². The van der Waals surface area contributed by atoms with Crippen LogP contribution in [0.3, 0.4) is 0 Å². The van der Waals surface area contributed by atoms with E-state index in [-0.39, 0.29) is 12.2 Å². The van der Waals surface area contributed by atoms with Crippen molar-refractivity contribution >= 4 is 0 Å². The minimum absolute atomic E-state index is 0.0853. The molecule has 0 aliphatic carbocycles. The second kappa shape index (κ2) is 7.59. The summed E-state index contributed by atoms with van der Waals surface area (Å²) in [7, 11) is 0. The maximum absolute atomic E-state index is 6.08. The third-order valence-corrected chi connectivity index (χ3v) is 2.92. The first-order valence-corrected chi connectivity index (χ1v) is 6.37. The maximum Gasteiger partial charge on any atom is 0.152 e. The van der Waals surface area contributed by atoms with Gasteiger partial charge in [-0.05, 0) is 31.1 Å². The number of rotatable bonds is 8. The number of hydrogen-bond acceptors (Lipinski definition) is 2. The maximum atomic E-state index is 6.08. The van der Waals surface area contributed by atoms with Crippen molar-refractivity contribution in [1.82, 2.24) is 0 Å². The van der Waals surface area contributed by atoms with Gasteiger partial charge in [0, 0.05) is 0 Å². The molecular formula is C17H22O2. The lowest BCUT2D eigenvalue weighted by atomic mass is 10.1. The molecule has 0 radical (unpaired) electrons. The Morgan fingerprint density at radius 1 is 1.26 bits per heavy atom. The SMILES string of the molecule is C=C/C=C(OC(/C(C=C)=C/C=C)C1CO1)\C(C)=C/C. The van der Waals surface area contributed by atoms with Gasteiger partial charge < -0.3 is 9.47 Å². The third kappa shape index (κ3) is 4.42. The predicted molar refractivity (Wildman–Crippen MR) is 80.8 cm³/mol. The molecular weight excluding hydrogens is 236 g/mol. The number of ether oxygens (including phenoxy) is 2. The lowest BCUT2D eigenvalue weighted by Crippen LogP contribution is -2.22. The lowest BCUT2D eigenvalue weighted by Gasteiger charge is -2.21. The van der Waals surface area contributed by atoms with Crippen LogP contribution < -0.4 is 0 Å². The summed E-state index contributed by atoms with van der Waals surface area (Å²) in [5.74, 6) is 0.801. The normalized spacial score (nSPS) is 21.6. The standard InChI is InChI=1S/C17H22O2/c1-6-10-14(9-4)17(16-12-18-16)19-15(11-7-2)13(5)8-3/h6-11,16-17H,1-2,4,12H2,3,5H3/b13-8-,14-10+,15-11+. The summed E-state index contributed by atoms with van der Waals surface area (Å²) in [6.45, 7) is 16.0. The van der Waals surface area contributed by atoms with E-state index >= 15 is 0 Å². The number of epoxide rings is 1. The average Bonchev–Trinajstić information content (AvgIpc) is 3.25. The van der Waals surface area contributed by atoms with E-state index in [4.69, 9.17) is 9.47 Å². The molecule has 1 heterocycles. The van der Waals surface area contributed by atoms with Crippen molar-refractivity contribution in [2.45, 2.75) is 26.1 Å². The van der Waals surface area contributed by atoms with E-state index in [1.165, 1.54) is 0 Å². The van der Waals surface area contributed by atoms with Crippen molar-refractivity contribution in [1.29, 1.82) is 0 Å². The van der Waals surface area contributed by atoms with E-state index in [0.717, 1.165) is 16.9 Å². The van der Waals surface area contributed by atoms with E-state index in [9.17, 15) is 0 Å². The minimum Gasteiger partial charge on any atom is -0.483 e. The van der Waals surface area contributed by atoms with Gasteiger partial charge in [-0.15, -0.1) is 0 Å². The molecule has 0 amide bonds. The zero-order valence-corrected chi connectivity index (χ0v) is 11.8. The van der Waals surface area contributed by atoms with E-state index in [1.807, 2.05) is 32.1 Å².